The van der Waals surface area contributed by atoms with Crippen LogP contribution in [0, 0.1) is 0 Å². The Morgan fingerprint density at radius 1 is 1.56 bits per heavy atom. The van der Waals surface area contributed by atoms with Gasteiger partial charge in [-0.15, -0.1) is 0 Å². The first-order valence-electron chi connectivity index (χ1n) is 5.21. The van der Waals surface area contributed by atoms with E-state index < -0.39 is 0 Å². The number of hydrogen-bond acceptors (Lipinski definition) is 3. The minimum atomic E-state index is 0.112. The normalized spacial score (nSPS) is 14.6. The van der Waals surface area contributed by atoms with Crippen LogP contribution in [0.2, 0.25) is 0 Å². The second kappa shape index (κ2) is 4.84. The third kappa shape index (κ3) is 2.20. The maximum atomic E-state index is 11.8. The van der Waals surface area contributed by atoms with E-state index in [9.17, 15) is 4.79 Å². The Bertz CT molecular complexity index is 408. The van der Waals surface area contributed by atoms with Gasteiger partial charge < -0.3 is 15.5 Å². The Morgan fingerprint density at radius 3 is 3.12 bits per heavy atom. The highest BCUT2D eigenvalue weighted by atomic mass is 79.9. The Hall–Kier alpha value is -1.07. The second-order valence-corrected chi connectivity index (χ2v) is 4.58. The largest absolute Gasteiger partial charge is 0.374 e. The van der Waals surface area contributed by atoms with E-state index in [0.29, 0.717) is 13.1 Å². The van der Waals surface area contributed by atoms with Gasteiger partial charge in [0.25, 0.3) is 0 Å². The molecule has 1 heterocycles. The van der Waals surface area contributed by atoms with Crippen LogP contribution < -0.4 is 15.5 Å². The van der Waals surface area contributed by atoms with Crippen LogP contribution >= 0.6 is 15.9 Å². The van der Waals surface area contributed by atoms with Gasteiger partial charge in [-0.25, -0.2) is 0 Å². The van der Waals surface area contributed by atoms with Gasteiger partial charge in [0.15, 0.2) is 0 Å². The van der Waals surface area contributed by atoms with Crippen LogP contribution in [-0.4, -0.2) is 32.6 Å². The molecule has 0 saturated heterocycles. The predicted molar refractivity (Wildman–Crippen MR) is 68.9 cm³/mol. The van der Waals surface area contributed by atoms with Crippen molar-refractivity contribution in [2.75, 3.05) is 36.9 Å². The number of benzene rings is 1. The molecule has 0 aromatic heterocycles. The Kier molecular flexibility index (Phi) is 3.46. The number of fused-ring (bicyclic) bond motifs is 1. The molecule has 0 saturated carbocycles. The molecule has 5 heteroatoms. The van der Waals surface area contributed by atoms with Gasteiger partial charge in [-0.1, -0.05) is 15.9 Å². The molecule has 1 aromatic carbocycles. The van der Waals surface area contributed by atoms with E-state index in [2.05, 4.69) is 26.6 Å². The minimum Gasteiger partial charge on any atom is -0.374 e. The molecule has 0 bridgehead atoms. The van der Waals surface area contributed by atoms with Crippen molar-refractivity contribution in [3.63, 3.8) is 0 Å². The number of anilines is 2. The third-order valence-corrected chi connectivity index (χ3v) is 3.06. The molecule has 1 aliphatic rings. The van der Waals surface area contributed by atoms with E-state index >= 15 is 0 Å². The molecule has 0 spiro atoms. The fraction of sp³-hybridized carbons (Fsp3) is 0.364. The van der Waals surface area contributed by atoms with Crippen molar-refractivity contribution in [1.29, 1.82) is 0 Å². The van der Waals surface area contributed by atoms with E-state index in [1.165, 1.54) is 0 Å². The fourth-order valence-electron chi connectivity index (χ4n) is 1.75. The number of carbonyl (C=O) groups is 1. The van der Waals surface area contributed by atoms with Gasteiger partial charge >= 0.3 is 0 Å². The van der Waals surface area contributed by atoms with Crippen LogP contribution in [0.5, 0.6) is 0 Å². The van der Waals surface area contributed by atoms with Gasteiger partial charge in [0.1, 0.15) is 0 Å². The number of carbonyl (C=O) groups excluding carboxylic acids is 1. The maximum absolute atomic E-state index is 11.8. The lowest BCUT2D eigenvalue weighted by Crippen LogP contribution is -2.43. The quantitative estimate of drug-likeness (QED) is 0.882. The molecule has 0 unspecified atom stereocenters. The molecule has 1 aliphatic heterocycles. The first kappa shape index (κ1) is 11.4. The van der Waals surface area contributed by atoms with Crippen LogP contribution in [0.3, 0.4) is 0 Å². The van der Waals surface area contributed by atoms with Crippen LogP contribution in [-0.2, 0) is 4.79 Å². The topological polar surface area (TPSA) is 44.4 Å². The first-order chi connectivity index (χ1) is 7.72. The molecule has 0 aliphatic carbocycles. The summed E-state index contributed by atoms with van der Waals surface area (Å²) in [5.74, 6) is 0.112. The minimum absolute atomic E-state index is 0.112. The van der Waals surface area contributed by atoms with Crippen molar-refractivity contribution in [1.82, 2.24) is 5.32 Å². The van der Waals surface area contributed by atoms with E-state index in [-0.39, 0.29) is 5.91 Å². The number of rotatable bonds is 3. The van der Waals surface area contributed by atoms with E-state index in [0.717, 1.165) is 22.4 Å². The van der Waals surface area contributed by atoms with E-state index in [1.807, 2.05) is 30.1 Å². The number of nitrogens with zero attached hydrogens (tertiary/aromatic N) is 1. The van der Waals surface area contributed by atoms with Crippen LogP contribution in [0.1, 0.15) is 0 Å². The van der Waals surface area contributed by atoms with E-state index in [1.54, 1.807) is 0 Å². The van der Waals surface area contributed by atoms with Crippen molar-refractivity contribution in [3.05, 3.63) is 22.7 Å². The molecular formula is C11H14BrN3O. The highest BCUT2D eigenvalue weighted by molar-refractivity contribution is 9.10. The zero-order chi connectivity index (χ0) is 11.5. The predicted octanol–water partition coefficient (Wildman–Crippen LogP) is 1.43. The smallest absolute Gasteiger partial charge is 0.246 e. The van der Waals surface area contributed by atoms with Crippen molar-refractivity contribution in [2.45, 2.75) is 0 Å². The molecule has 4 nitrogen and oxygen atoms in total. The van der Waals surface area contributed by atoms with Gasteiger partial charge in [-0.3, -0.25) is 4.79 Å². The van der Waals surface area contributed by atoms with Crippen molar-refractivity contribution in [3.8, 4) is 0 Å². The van der Waals surface area contributed by atoms with Gasteiger partial charge in [-0.05, 0) is 25.2 Å². The van der Waals surface area contributed by atoms with Crippen LogP contribution in [0.25, 0.3) is 0 Å². The summed E-state index contributed by atoms with van der Waals surface area (Å²) in [5.41, 5.74) is 1.96. The molecule has 1 amide bonds. The van der Waals surface area contributed by atoms with E-state index in [4.69, 9.17) is 0 Å². The lowest BCUT2D eigenvalue weighted by Gasteiger charge is -2.30. The summed E-state index contributed by atoms with van der Waals surface area (Å²) < 4.78 is 0.984. The summed E-state index contributed by atoms with van der Waals surface area (Å²) in [4.78, 5) is 13.6. The molecule has 16 heavy (non-hydrogen) atoms. The monoisotopic (exact) mass is 283 g/mol. The molecule has 2 rings (SSSR count). The summed E-state index contributed by atoms with van der Waals surface area (Å²) in [5, 5.41) is 6.17. The molecular weight excluding hydrogens is 270 g/mol. The number of likely N-dealkylation sites (N-methyl/N-ethyl adjacent to an activating group) is 1. The number of amides is 1. The van der Waals surface area contributed by atoms with Crippen molar-refractivity contribution in [2.24, 2.45) is 0 Å². The van der Waals surface area contributed by atoms with Crippen LogP contribution in [0.4, 0.5) is 11.4 Å². The highest BCUT2D eigenvalue weighted by Crippen LogP contribution is 2.31. The zero-order valence-electron chi connectivity index (χ0n) is 9.09. The molecule has 86 valence electrons. The van der Waals surface area contributed by atoms with Crippen molar-refractivity contribution < 1.29 is 4.79 Å². The Balaban J connectivity index is 2.31. The zero-order valence-corrected chi connectivity index (χ0v) is 10.7. The average molecular weight is 284 g/mol. The first-order valence-corrected chi connectivity index (χ1v) is 6.00. The third-order valence-electron chi connectivity index (χ3n) is 2.57. The van der Waals surface area contributed by atoms with Gasteiger partial charge in [-0.2, -0.15) is 0 Å². The summed E-state index contributed by atoms with van der Waals surface area (Å²) in [7, 11) is 1.88. The summed E-state index contributed by atoms with van der Waals surface area (Å²) >= 11 is 3.42. The highest BCUT2D eigenvalue weighted by Gasteiger charge is 2.23. The summed E-state index contributed by atoms with van der Waals surface area (Å²) in [6.07, 6.45) is 0. The Morgan fingerprint density at radius 2 is 2.38 bits per heavy atom. The maximum Gasteiger partial charge on any atom is 0.246 e. The number of halogens is 1. The lowest BCUT2D eigenvalue weighted by atomic mass is 10.2. The SMILES string of the molecule is CNCCN1C(=O)CNc2ccc(Br)cc21. The van der Waals surface area contributed by atoms with Crippen molar-refractivity contribution >= 4 is 33.2 Å². The van der Waals surface area contributed by atoms with Crippen LogP contribution in [0.15, 0.2) is 22.7 Å². The second-order valence-electron chi connectivity index (χ2n) is 3.66. The van der Waals surface area contributed by atoms with Gasteiger partial charge in [0.05, 0.1) is 17.9 Å². The van der Waals surface area contributed by atoms with Gasteiger partial charge in [0, 0.05) is 17.6 Å². The molecule has 0 atom stereocenters. The molecule has 2 N–H and O–H groups in total. The summed E-state index contributed by atoms with van der Waals surface area (Å²) in [6, 6.07) is 5.92. The summed E-state index contributed by atoms with van der Waals surface area (Å²) in [6.45, 7) is 1.86. The number of hydrogen-bond donors (Lipinski definition) is 2. The molecule has 1 aromatic rings. The standard InChI is InChI=1S/C11H14BrN3O/c1-13-4-5-15-10-6-8(12)2-3-9(10)14-7-11(15)16/h2-3,6,13-14H,4-5,7H2,1H3. The lowest BCUT2D eigenvalue weighted by molar-refractivity contribution is -0.117. The number of nitrogens with one attached hydrogen (secondary N) is 2. The fourth-order valence-corrected chi connectivity index (χ4v) is 2.10. The van der Waals surface area contributed by atoms with Gasteiger partial charge in [0.2, 0.25) is 5.91 Å². The molecule has 0 radical (unpaired) electrons. The molecule has 0 fully saturated rings. The average Bonchev–Trinajstić information content (AvgIpc) is 2.28. The Labute approximate surface area is 103 Å².